The lowest BCUT2D eigenvalue weighted by atomic mass is 10.1. The van der Waals surface area contributed by atoms with Crippen molar-refractivity contribution in [2.24, 2.45) is 5.73 Å². The number of nitrogens with two attached hydrogens (primary N) is 1. The molecule has 36 heavy (non-hydrogen) atoms. The molecule has 0 saturated carbocycles. The molecule has 3 aromatic rings. The molecule has 3 rings (SSSR count). The van der Waals surface area contributed by atoms with Crippen LogP contribution >= 0.6 is 0 Å². The first-order chi connectivity index (χ1) is 17.0. The molecule has 2 amide bonds. The van der Waals surface area contributed by atoms with Crippen molar-refractivity contribution in [3.63, 3.8) is 0 Å². The van der Waals surface area contributed by atoms with Crippen molar-refractivity contribution in [3.05, 3.63) is 77.5 Å². The van der Waals surface area contributed by atoms with Gasteiger partial charge in [-0.15, -0.1) is 0 Å². The van der Waals surface area contributed by atoms with Crippen LogP contribution in [0.3, 0.4) is 0 Å². The Balaban J connectivity index is 1.61. The lowest BCUT2D eigenvalue weighted by Crippen LogP contribution is -2.39. The molecule has 2 aromatic carbocycles. The standard InChI is InChI=1S/C23H21F5N6O2/c24-14-7-13(8-15(25)9-14)11-32-19-10-20(33-12-18(19)21(29)35)34-17-3-1-16(2-4-17)30-5-6-31-22(36)23(26,27)28/h1-4,7-10,12,30H,5-6,11H2,(H2,29,35)(H,31,36)(H2,32,33,34). The van der Waals surface area contributed by atoms with Gasteiger partial charge in [-0.1, -0.05) is 0 Å². The summed E-state index contributed by atoms with van der Waals surface area (Å²) in [6.45, 7) is -0.121. The number of hydrogen-bond donors (Lipinski definition) is 5. The van der Waals surface area contributed by atoms with Gasteiger partial charge in [0.05, 0.1) is 11.3 Å². The maximum absolute atomic E-state index is 13.4. The van der Waals surface area contributed by atoms with E-state index >= 15 is 0 Å². The number of nitrogens with zero attached hydrogens (tertiary/aromatic N) is 1. The largest absolute Gasteiger partial charge is 0.471 e. The fourth-order valence-corrected chi connectivity index (χ4v) is 3.08. The van der Waals surface area contributed by atoms with Gasteiger partial charge in [-0.3, -0.25) is 9.59 Å². The Morgan fingerprint density at radius 3 is 2.14 bits per heavy atom. The molecule has 0 unspecified atom stereocenters. The summed E-state index contributed by atoms with van der Waals surface area (Å²) in [6.07, 6.45) is -3.67. The van der Waals surface area contributed by atoms with Gasteiger partial charge in [0.2, 0.25) is 0 Å². The number of carbonyl (C=O) groups excluding carboxylic acids is 2. The Labute approximate surface area is 202 Å². The predicted molar refractivity (Wildman–Crippen MR) is 124 cm³/mol. The summed E-state index contributed by atoms with van der Waals surface area (Å²) in [7, 11) is 0. The lowest BCUT2D eigenvalue weighted by molar-refractivity contribution is -0.173. The molecule has 0 spiro atoms. The highest BCUT2D eigenvalue weighted by Crippen LogP contribution is 2.23. The fourth-order valence-electron chi connectivity index (χ4n) is 3.08. The van der Waals surface area contributed by atoms with E-state index in [-0.39, 0.29) is 25.2 Å². The minimum absolute atomic E-state index is 0.0161. The van der Waals surface area contributed by atoms with E-state index < -0.39 is 29.6 Å². The number of anilines is 4. The van der Waals surface area contributed by atoms with Gasteiger partial charge in [-0.05, 0) is 42.0 Å². The first-order valence-electron chi connectivity index (χ1n) is 10.5. The zero-order valence-corrected chi connectivity index (χ0v) is 18.5. The molecule has 0 saturated heterocycles. The normalized spacial score (nSPS) is 11.0. The average Bonchev–Trinajstić information content (AvgIpc) is 2.80. The molecule has 0 aliphatic carbocycles. The first kappa shape index (κ1) is 26.2. The smallest absolute Gasteiger partial charge is 0.383 e. The van der Waals surface area contributed by atoms with Gasteiger partial charge in [0.25, 0.3) is 5.91 Å². The zero-order valence-electron chi connectivity index (χ0n) is 18.5. The maximum Gasteiger partial charge on any atom is 0.471 e. The minimum atomic E-state index is -4.93. The van der Waals surface area contributed by atoms with Gasteiger partial charge in [0.15, 0.2) is 0 Å². The summed E-state index contributed by atoms with van der Waals surface area (Å²) in [4.78, 5) is 26.7. The molecule has 0 radical (unpaired) electrons. The van der Waals surface area contributed by atoms with Gasteiger partial charge < -0.3 is 27.0 Å². The summed E-state index contributed by atoms with van der Waals surface area (Å²) in [6, 6.07) is 11.2. The van der Waals surface area contributed by atoms with Crippen molar-refractivity contribution in [1.82, 2.24) is 10.3 Å². The molecule has 1 aromatic heterocycles. The van der Waals surface area contributed by atoms with Gasteiger partial charge >= 0.3 is 12.1 Å². The second kappa shape index (κ2) is 11.3. The van der Waals surface area contributed by atoms with Crippen LogP contribution in [0.15, 0.2) is 54.7 Å². The summed E-state index contributed by atoms with van der Waals surface area (Å²) in [5.41, 5.74) is 7.28. The van der Waals surface area contributed by atoms with E-state index in [0.29, 0.717) is 28.4 Å². The molecular weight excluding hydrogens is 487 g/mol. The predicted octanol–water partition coefficient (Wildman–Crippen LogP) is 3.90. The Hall–Kier alpha value is -4.42. The Morgan fingerprint density at radius 1 is 0.889 bits per heavy atom. The topological polar surface area (TPSA) is 121 Å². The molecular formula is C23H21F5N6O2. The second-order valence-electron chi connectivity index (χ2n) is 7.49. The highest BCUT2D eigenvalue weighted by molar-refractivity contribution is 5.98. The van der Waals surface area contributed by atoms with E-state index in [1.165, 1.54) is 12.3 Å². The van der Waals surface area contributed by atoms with Crippen LogP contribution in [-0.4, -0.2) is 36.1 Å². The highest BCUT2D eigenvalue weighted by Gasteiger charge is 2.38. The number of carbonyl (C=O) groups is 2. The van der Waals surface area contributed by atoms with Gasteiger partial charge in [-0.2, -0.15) is 13.2 Å². The summed E-state index contributed by atoms with van der Waals surface area (Å²) in [5, 5.41) is 10.6. The fraction of sp³-hybridized carbons (Fsp3) is 0.174. The number of pyridine rings is 1. The number of aromatic nitrogens is 1. The number of nitrogens with one attached hydrogen (secondary N) is 4. The average molecular weight is 508 g/mol. The van der Waals surface area contributed by atoms with E-state index in [1.807, 2.05) is 0 Å². The Bertz CT molecular complexity index is 1210. The number of hydrogen-bond acceptors (Lipinski definition) is 6. The SMILES string of the molecule is NC(=O)c1cnc(Nc2ccc(NCCNC(=O)C(F)(F)F)cc2)cc1NCc1cc(F)cc(F)c1. The third-order valence-electron chi connectivity index (χ3n) is 4.73. The van der Waals surface area contributed by atoms with Crippen molar-refractivity contribution in [3.8, 4) is 0 Å². The zero-order chi connectivity index (χ0) is 26.3. The summed E-state index contributed by atoms with van der Waals surface area (Å²) >= 11 is 0. The Morgan fingerprint density at radius 2 is 1.53 bits per heavy atom. The van der Waals surface area contributed by atoms with Crippen LogP contribution < -0.4 is 27.0 Å². The van der Waals surface area contributed by atoms with Crippen LogP contribution in [0.5, 0.6) is 0 Å². The number of benzene rings is 2. The molecule has 6 N–H and O–H groups in total. The number of primary amides is 1. The molecule has 190 valence electrons. The van der Waals surface area contributed by atoms with Crippen LogP contribution in [0, 0.1) is 11.6 Å². The number of rotatable bonds is 10. The van der Waals surface area contributed by atoms with E-state index in [0.717, 1.165) is 18.2 Å². The highest BCUT2D eigenvalue weighted by atomic mass is 19.4. The number of amides is 2. The molecule has 0 atom stereocenters. The van der Waals surface area contributed by atoms with Crippen LogP contribution in [0.4, 0.5) is 44.8 Å². The molecule has 8 nitrogen and oxygen atoms in total. The van der Waals surface area contributed by atoms with Crippen molar-refractivity contribution >= 4 is 34.7 Å². The van der Waals surface area contributed by atoms with E-state index in [4.69, 9.17) is 5.73 Å². The summed E-state index contributed by atoms with van der Waals surface area (Å²) < 4.78 is 63.3. The first-order valence-corrected chi connectivity index (χ1v) is 10.5. The van der Waals surface area contributed by atoms with Crippen molar-refractivity contribution in [2.75, 3.05) is 29.0 Å². The van der Waals surface area contributed by atoms with E-state index in [9.17, 15) is 31.5 Å². The van der Waals surface area contributed by atoms with Crippen LogP contribution in [0.1, 0.15) is 15.9 Å². The van der Waals surface area contributed by atoms with Gasteiger partial charge in [0, 0.05) is 49.3 Å². The van der Waals surface area contributed by atoms with Crippen molar-refractivity contribution in [1.29, 1.82) is 0 Å². The van der Waals surface area contributed by atoms with Crippen LogP contribution in [0.2, 0.25) is 0 Å². The minimum Gasteiger partial charge on any atom is -0.383 e. The molecule has 1 heterocycles. The number of alkyl halides is 3. The lowest BCUT2D eigenvalue weighted by Gasteiger charge is -2.13. The van der Waals surface area contributed by atoms with Crippen LogP contribution in [0.25, 0.3) is 0 Å². The molecule has 0 aliphatic rings. The summed E-state index contributed by atoms with van der Waals surface area (Å²) in [5.74, 6) is -3.88. The molecule has 0 aliphatic heterocycles. The van der Waals surface area contributed by atoms with Crippen molar-refractivity contribution in [2.45, 2.75) is 12.7 Å². The molecule has 13 heteroatoms. The molecule has 0 bridgehead atoms. The van der Waals surface area contributed by atoms with Gasteiger partial charge in [-0.25, -0.2) is 13.8 Å². The van der Waals surface area contributed by atoms with Crippen LogP contribution in [-0.2, 0) is 11.3 Å². The number of halogens is 5. The Kier molecular flexibility index (Phi) is 8.25. The maximum atomic E-state index is 13.4. The van der Waals surface area contributed by atoms with Crippen molar-refractivity contribution < 1.29 is 31.5 Å². The quantitative estimate of drug-likeness (QED) is 0.209. The second-order valence-corrected chi connectivity index (χ2v) is 7.49. The van der Waals surface area contributed by atoms with Gasteiger partial charge in [0.1, 0.15) is 17.5 Å². The third kappa shape index (κ3) is 7.55. The molecule has 0 fully saturated rings. The monoisotopic (exact) mass is 508 g/mol. The van der Waals surface area contributed by atoms with E-state index in [1.54, 1.807) is 29.6 Å². The third-order valence-corrected chi connectivity index (χ3v) is 4.73. The van der Waals surface area contributed by atoms with E-state index in [2.05, 4.69) is 20.9 Å².